The summed E-state index contributed by atoms with van der Waals surface area (Å²) in [6.45, 7) is 18.5. The van der Waals surface area contributed by atoms with Gasteiger partial charge in [0.05, 0.1) is 5.41 Å². The van der Waals surface area contributed by atoms with Gasteiger partial charge in [-0.1, -0.05) is 88.6 Å². The second-order valence-electron chi connectivity index (χ2n) is 12.6. The zero-order valence-corrected chi connectivity index (χ0v) is 27.3. The van der Waals surface area contributed by atoms with Crippen molar-refractivity contribution in [3.8, 4) is 0 Å². The van der Waals surface area contributed by atoms with Gasteiger partial charge in [-0.15, -0.1) is 10.2 Å². The molecule has 3 aromatic rings. The first-order chi connectivity index (χ1) is 20.2. The molecule has 0 saturated heterocycles. The molecule has 0 bridgehead atoms. The van der Waals surface area contributed by atoms with Gasteiger partial charge in [0.2, 0.25) is 5.69 Å². The predicted molar refractivity (Wildman–Crippen MR) is 165 cm³/mol. The highest BCUT2D eigenvalue weighted by molar-refractivity contribution is 6.07. The Bertz CT molecular complexity index is 1560. The molecule has 3 aromatic carbocycles. The van der Waals surface area contributed by atoms with Crippen LogP contribution >= 0.6 is 0 Å². The van der Waals surface area contributed by atoms with Crippen LogP contribution in [0.5, 0.6) is 0 Å². The van der Waals surface area contributed by atoms with Gasteiger partial charge < -0.3 is 4.90 Å². The Morgan fingerprint density at radius 2 is 1.53 bits per heavy atom. The largest absolute Gasteiger partial charge is 0.344 e. The van der Waals surface area contributed by atoms with Crippen LogP contribution in [0.2, 0.25) is 0 Å². The molecular weight excluding hydrogens is 560 g/mol. The Morgan fingerprint density at radius 1 is 0.860 bits per heavy atom. The quantitative estimate of drug-likeness (QED) is 0.350. The SMILES string of the molecule is CCCCN1/C(=C/C=C/C2=[N+](CCCC)c3ccc4ccccc4c3C2(C)C)C(C)(C)c2cc(C)ccc21.[O-][Cl+3]([O-])([O-])[O-]. The minimum Gasteiger partial charge on any atom is -0.344 e. The molecule has 7 heteroatoms. The maximum atomic E-state index is 8.49. The lowest BCUT2D eigenvalue weighted by molar-refractivity contribution is -2.00. The molecule has 0 N–H and O–H groups in total. The molecule has 43 heavy (non-hydrogen) atoms. The number of hydrogen-bond donors (Lipinski definition) is 0. The van der Waals surface area contributed by atoms with Gasteiger partial charge in [0, 0.05) is 47.5 Å². The Hall–Kier alpha value is -3.00. The lowest BCUT2D eigenvalue weighted by Gasteiger charge is -2.27. The summed E-state index contributed by atoms with van der Waals surface area (Å²) in [7, 11) is -4.94. The molecule has 0 amide bonds. The molecule has 0 saturated carbocycles. The third kappa shape index (κ3) is 6.89. The maximum absolute atomic E-state index is 8.49. The molecular formula is C36H45ClN2O4. The van der Waals surface area contributed by atoms with Gasteiger partial charge in [0.15, 0.2) is 5.71 Å². The molecule has 6 nitrogen and oxygen atoms in total. The van der Waals surface area contributed by atoms with Crippen LogP contribution in [0.25, 0.3) is 10.8 Å². The van der Waals surface area contributed by atoms with Crippen LogP contribution in [0.4, 0.5) is 11.4 Å². The number of anilines is 1. The summed E-state index contributed by atoms with van der Waals surface area (Å²) in [4.78, 5) is 2.57. The van der Waals surface area contributed by atoms with Crippen LogP contribution < -0.4 is 23.5 Å². The van der Waals surface area contributed by atoms with Gasteiger partial charge in [-0.25, -0.2) is 18.6 Å². The molecule has 2 aliphatic heterocycles. The first-order valence-corrected chi connectivity index (χ1v) is 16.5. The smallest absolute Gasteiger partial charge is 0.210 e. The third-order valence-electron chi connectivity index (χ3n) is 8.78. The molecule has 0 unspecified atom stereocenters. The lowest BCUT2D eigenvalue weighted by Crippen LogP contribution is -2.68. The van der Waals surface area contributed by atoms with Gasteiger partial charge >= 0.3 is 0 Å². The van der Waals surface area contributed by atoms with Crippen LogP contribution in [0.15, 0.2) is 78.5 Å². The van der Waals surface area contributed by atoms with E-state index in [4.69, 9.17) is 18.6 Å². The predicted octanol–water partition coefficient (Wildman–Crippen LogP) is 4.61. The van der Waals surface area contributed by atoms with Gasteiger partial charge in [-0.2, -0.15) is 4.58 Å². The fourth-order valence-corrected chi connectivity index (χ4v) is 6.67. The second-order valence-corrected chi connectivity index (χ2v) is 13.4. The summed E-state index contributed by atoms with van der Waals surface area (Å²) in [6, 6.07) is 20.5. The van der Waals surface area contributed by atoms with E-state index in [0.717, 1.165) is 13.1 Å². The van der Waals surface area contributed by atoms with Crippen LogP contribution in [0.3, 0.4) is 0 Å². The van der Waals surface area contributed by atoms with Crippen molar-refractivity contribution in [1.82, 2.24) is 0 Å². The summed E-state index contributed by atoms with van der Waals surface area (Å²) in [5, 5.41) is 2.71. The number of aryl methyl sites for hydroxylation is 1. The van der Waals surface area contributed by atoms with E-state index in [-0.39, 0.29) is 10.8 Å². The van der Waals surface area contributed by atoms with E-state index >= 15 is 0 Å². The van der Waals surface area contributed by atoms with E-state index in [1.807, 2.05) is 0 Å². The van der Waals surface area contributed by atoms with Crippen LogP contribution in [-0.2, 0) is 10.8 Å². The van der Waals surface area contributed by atoms with Crippen molar-refractivity contribution >= 4 is 27.9 Å². The summed E-state index contributed by atoms with van der Waals surface area (Å²) in [5.74, 6) is 0. The Kier molecular flexibility index (Phi) is 9.89. The van der Waals surface area contributed by atoms with Crippen molar-refractivity contribution in [3.63, 3.8) is 0 Å². The minimum absolute atomic E-state index is 0.0175. The second kappa shape index (κ2) is 12.9. The molecule has 230 valence electrons. The van der Waals surface area contributed by atoms with Gasteiger partial charge in [-0.3, -0.25) is 0 Å². The average molecular weight is 605 g/mol. The maximum Gasteiger partial charge on any atom is 0.210 e. The summed E-state index contributed by atoms with van der Waals surface area (Å²) >= 11 is 0. The van der Waals surface area contributed by atoms with Crippen molar-refractivity contribution in [2.24, 2.45) is 0 Å². The van der Waals surface area contributed by atoms with Crippen molar-refractivity contribution in [2.45, 2.75) is 85.0 Å². The lowest BCUT2D eigenvalue weighted by atomic mass is 9.79. The zero-order valence-electron chi connectivity index (χ0n) is 26.6. The first kappa shape index (κ1) is 32.9. The summed E-state index contributed by atoms with van der Waals surface area (Å²) < 4.78 is 36.6. The number of rotatable bonds is 8. The van der Waals surface area contributed by atoms with E-state index in [1.165, 1.54) is 75.9 Å². The Labute approximate surface area is 259 Å². The fourth-order valence-electron chi connectivity index (χ4n) is 6.67. The minimum atomic E-state index is -4.94. The van der Waals surface area contributed by atoms with E-state index < -0.39 is 10.2 Å². The molecule has 0 aliphatic carbocycles. The van der Waals surface area contributed by atoms with Crippen molar-refractivity contribution in [3.05, 3.63) is 95.2 Å². The van der Waals surface area contributed by atoms with E-state index in [9.17, 15) is 0 Å². The standard InChI is InChI=1S/C36H45N2.ClHO4/c1-8-10-23-37-30-21-19-26(3)25-29(30)35(4,5)32(37)17-14-18-33-36(6,7)34-28-16-13-12-15-27(28)20-22-31(34)38(33)24-11-9-2;2-1(3,4)5/h12-22,25H,8-11,23-24H2,1-7H3;(H,2,3,4,5)/q+1;/p-1. The molecule has 0 spiro atoms. The molecule has 0 radical (unpaired) electrons. The first-order valence-electron chi connectivity index (χ1n) is 15.3. The Balaban J connectivity index is 0.000000782. The van der Waals surface area contributed by atoms with E-state index in [2.05, 4.69) is 131 Å². The zero-order chi connectivity index (χ0) is 31.6. The average Bonchev–Trinajstić information content (AvgIpc) is 3.28. The number of halogens is 1. The van der Waals surface area contributed by atoms with Crippen LogP contribution in [0.1, 0.15) is 83.9 Å². The molecule has 0 aromatic heterocycles. The summed E-state index contributed by atoms with van der Waals surface area (Å²) in [6.07, 6.45) is 11.9. The number of benzene rings is 3. The number of nitrogens with zero attached hydrogens (tertiary/aromatic N) is 2. The van der Waals surface area contributed by atoms with Gasteiger partial charge in [-0.05, 0) is 61.7 Å². The normalized spacial score (nSPS) is 17.9. The van der Waals surface area contributed by atoms with Crippen molar-refractivity contribution < 1.29 is 33.5 Å². The van der Waals surface area contributed by atoms with Crippen LogP contribution in [0, 0.1) is 17.2 Å². The Morgan fingerprint density at radius 3 is 2.21 bits per heavy atom. The molecule has 5 rings (SSSR count). The number of allylic oxidation sites excluding steroid dienone is 4. The van der Waals surface area contributed by atoms with E-state index in [1.54, 1.807) is 0 Å². The molecule has 0 atom stereocenters. The van der Waals surface area contributed by atoms with Gasteiger partial charge in [0.1, 0.15) is 6.54 Å². The molecule has 2 heterocycles. The van der Waals surface area contributed by atoms with Crippen molar-refractivity contribution in [2.75, 3.05) is 18.0 Å². The highest BCUT2D eigenvalue weighted by Crippen LogP contribution is 2.48. The number of unbranched alkanes of at least 4 members (excludes halogenated alkanes) is 2. The third-order valence-corrected chi connectivity index (χ3v) is 8.78. The highest BCUT2D eigenvalue weighted by Gasteiger charge is 2.45. The summed E-state index contributed by atoms with van der Waals surface area (Å²) in [5.41, 5.74) is 9.74. The topological polar surface area (TPSA) is 98.5 Å². The number of fused-ring (bicyclic) bond motifs is 4. The molecule has 2 aliphatic rings. The fraction of sp³-hybridized carbons (Fsp3) is 0.417. The monoisotopic (exact) mass is 604 g/mol. The van der Waals surface area contributed by atoms with Gasteiger partial charge in [0.25, 0.3) is 0 Å². The van der Waals surface area contributed by atoms with Crippen LogP contribution in [-0.4, -0.2) is 23.4 Å². The highest BCUT2D eigenvalue weighted by atomic mass is 35.7. The van der Waals surface area contributed by atoms with Crippen molar-refractivity contribution in [1.29, 1.82) is 0 Å². The molecule has 0 fully saturated rings. The van der Waals surface area contributed by atoms with E-state index in [0.29, 0.717) is 0 Å². The number of hydrogen-bond acceptors (Lipinski definition) is 5.